The fourth-order valence-electron chi connectivity index (χ4n) is 1.29. The zero-order valence-corrected chi connectivity index (χ0v) is 11.4. The van der Waals surface area contributed by atoms with E-state index < -0.39 is 0 Å². The van der Waals surface area contributed by atoms with Gasteiger partial charge in [-0.25, -0.2) is 4.98 Å². The van der Waals surface area contributed by atoms with Crippen LogP contribution in [0.5, 0.6) is 0 Å². The molecule has 1 aromatic rings. The summed E-state index contributed by atoms with van der Waals surface area (Å²) in [5.74, 6) is 1.26. The van der Waals surface area contributed by atoms with Crippen LogP contribution in [0.2, 0.25) is 0 Å². The van der Waals surface area contributed by atoms with E-state index >= 15 is 0 Å². The van der Waals surface area contributed by atoms with Crippen molar-refractivity contribution < 1.29 is 0 Å². The molecule has 0 aliphatic rings. The van der Waals surface area contributed by atoms with Crippen molar-refractivity contribution in [3.05, 3.63) is 20.3 Å². The molecular formula is C9H13ClIN3O. The largest absolute Gasteiger partial charge is 0.354 e. The first kappa shape index (κ1) is 12.8. The van der Waals surface area contributed by atoms with Crippen molar-refractivity contribution >= 4 is 40.0 Å². The van der Waals surface area contributed by atoms with Crippen molar-refractivity contribution in [1.82, 2.24) is 9.97 Å². The van der Waals surface area contributed by atoms with Gasteiger partial charge in [0.25, 0.3) is 5.56 Å². The summed E-state index contributed by atoms with van der Waals surface area (Å²) in [7, 11) is 0. The molecule has 0 amide bonds. The molecule has 1 aromatic heterocycles. The smallest absolute Gasteiger partial charge is 0.266 e. The van der Waals surface area contributed by atoms with Crippen LogP contribution in [0.15, 0.2) is 11.1 Å². The maximum absolute atomic E-state index is 11.4. The summed E-state index contributed by atoms with van der Waals surface area (Å²) in [4.78, 5) is 20.1. The molecule has 0 fully saturated rings. The molecule has 6 heteroatoms. The lowest BCUT2D eigenvalue weighted by atomic mass is 10.4. The molecule has 0 saturated heterocycles. The Balaban J connectivity index is 2.99. The van der Waals surface area contributed by atoms with E-state index in [2.05, 4.69) is 16.9 Å². The summed E-state index contributed by atoms with van der Waals surface area (Å²) in [5, 5.41) is 0. The van der Waals surface area contributed by atoms with Gasteiger partial charge in [0.1, 0.15) is 9.39 Å². The molecular weight excluding hydrogens is 328 g/mol. The minimum atomic E-state index is -0.101. The highest BCUT2D eigenvalue weighted by atomic mass is 127. The van der Waals surface area contributed by atoms with Crippen molar-refractivity contribution in [2.45, 2.75) is 13.3 Å². The van der Waals surface area contributed by atoms with E-state index in [1.165, 1.54) is 6.33 Å². The van der Waals surface area contributed by atoms with Crippen LogP contribution in [-0.4, -0.2) is 28.9 Å². The van der Waals surface area contributed by atoms with Crippen molar-refractivity contribution in [2.24, 2.45) is 0 Å². The van der Waals surface area contributed by atoms with Crippen molar-refractivity contribution in [3.63, 3.8) is 0 Å². The number of nitrogens with zero attached hydrogens (tertiary/aromatic N) is 2. The van der Waals surface area contributed by atoms with Gasteiger partial charge in [-0.3, -0.25) is 4.79 Å². The average molecular weight is 342 g/mol. The quantitative estimate of drug-likeness (QED) is 0.657. The second-order valence-electron chi connectivity index (χ2n) is 3.05. The summed E-state index contributed by atoms with van der Waals surface area (Å²) in [5.41, 5.74) is -0.101. The molecule has 0 aliphatic carbocycles. The van der Waals surface area contributed by atoms with Crippen LogP contribution in [-0.2, 0) is 0 Å². The summed E-state index contributed by atoms with van der Waals surface area (Å²) in [6.45, 7) is 3.66. The Morgan fingerprint density at radius 1 is 1.60 bits per heavy atom. The van der Waals surface area contributed by atoms with E-state index in [0.29, 0.717) is 16.0 Å². The van der Waals surface area contributed by atoms with Crippen LogP contribution in [0.3, 0.4) is 0 Å². The number of halogens is 2. The minimum absolute atomic E-state index is 0.101. The molecule has 0 unspecified atom stereocenters. The van der Waals surface area contributed by atoms with Gasteiger partial charge in [-0.1, -0.05) is 6.92 Å². The van der Waals surface area contributed by atoms with Crippen LogP contribution in [0.1, 0.15) is 13.3 Å². The van der Waals surface area contributed by atoms with Crippen LogP contribution < -0.4 is 10.5 Å². The SMILES string of the molecule is CCCN(CCCl)c1nc[nH]c(=O)c1I. The van der Waals surface area contributed by atoms with Gasteiger partial charge < -0.3 is 9.88 Å². The van der Waals surface area contributed by atoms with Crippen molar-refractivity contribution in [3.8, 4) is 0 Å². The normalized spacial score (nSPS) is 10.3. The van der Waals surface area contributed by atoms with E-state index in [4.69, 9.17) is 11.6 Å². The number of rotatable bonds is 5. The van der Waals surface area contributed by atoms with Crippen LogP contribution in [0.4, 0.5) is 5.82 Å². The molecule has 0 atom stereocenters. The first-order valence-corrected chi connectivity index (χ1v) is 6.36. The third-order valence-corrected chi connectivity index (χ3v) is 3.07. The summed E-state index contributed by atoms with van der Waals surface area (Å²) in [6.07, 6.45) is 2.43. The second kappa shape index (κ2) is 6.32. The van der Waals surface area contributed by atoms with Crippen molar-refractivity contribution in [2.75, 3.05) is 23.9 Å². The standard InChI is InChI=1S/C9H13ClIN3O/c1-2-4-14(5-3-10)8-7(11)9(15)13-6-12-8/h6H,2-5H2,1H3,(H,12,13,15). The molecule has 0 aromatic carbocycles. The monoisotopic (exact) mass is 341 g/mol. The number of H-pyrrole nitrogens is 1. The summed E-state index contributed by atoms with van der Waals surface area (Å²) in [6, 6.07) is 0. The third kappa shape index (κ3) is 3.34. The lowest BCUT2D eigenvalue weighted by Gasteiger charge is -2.22. The van der Waals surface area contributed by atoms with Gasteiger partial charge in [0.2, 0.25) is 0 Å². The van der Waals surface area contributed by atoms with E-state index in [-0.39, 0.29) is 5.56 Å². The predicted octanol–water partition coefficient (Wildman–Crippen LogP) is 1.83. The van der Waals surface area contributed by atoms with Crippen molar-refractivity contribution in [1.29, 1.82) is 0 Å². The number of aromatic nitrogens is 2. The Morgan fingerprint density at radius 2 is 2.33 bits per heavy atom. The predicted molar refractivity (Wildman–Crippen MR) is 70.8 cm³/mol. The van der Waals surface area contributed by atoms with Gasteiger partial charge in [0, 0.05) is 19.0 Å². The van der Waals surface area contributed by atoms with E-state index in [9.17, 15) is 4.79 Å². The zero-order chi connectivity index (χ0) is 11.3. The molecule has 0 radical (unpaired) electrons. The minimum Gasteiger partial charge on any atom is -0.354 e. The Hall–Kier alpha value is -0.300. The maximum atomic E-state index is 11.4. The average Bonchev–Trinajstić information content (AvgIpc) is 2.22. The Morgan fingerprint density at radius 3 is 2.93 bits per heavy atom. The van der Waals surface area contributed by atoms with Gasteiger partial charge in [0.05, 0.1) is 6.33 Å². The van der Waals surface area contributed by atoms with Gasteiger partial charge in [-0.2, -0.15) is 0 Å². The first-order chi connectivity index (χ1) is 7.20. The molecule has 1 N–H and O–H groups in total. The zero-order valence-electron chi connectivity index (χ0n) is 8.46. The van der Waals surface area contributed by atoms with E-state index in [1.807, 2.05) is 27.5 Å². The van der Waals surface area contributed by atoms with Crippen LogP contribution in [0.25, 0.3) is 0 Å². The number of hydrogen-bond donors (Lipinski definition) is 1. The van der Waals surface area contributed by atoms with Crippen LogP contribution >= 0.6 is 34.2 Å². The number of nitrogens with one attached hydrogen (secondary N) is 1. The molecule has 1 heterocycles. The second-order valence-corrected chi connectivity index (χ2v) is 4.50. The lowest BCUT2D eigenvalue weighted by molar-refractivity contribution is 0.774. The lowest BCUT2D eigenvalue weighted by Crippen LogP contribution is -2.30. The molecule has 1 rings (SSSR count). The Kier molecular flexibility index (Phi) is 5.38. The number of anilines is 1. The van der Waals surface area contributed by atoms with Gasteiger partial charge in [-0.05, 0) is 29.0 Å². The molecule has 0 bridgehead atoms. The van der Waals surface area contributed by atoms with Gasteiger partial charge in [-0.15, -0.1) is 11.6 Å². The Labute approximate surface area is 107 Å². The topological polar surface area (TPSA) is 49.0 Å². The molecule has 0 saturated carbocycles. The molecule has 0 aliphatic heterocycles. The number of hydrogen-bond acceptors (Lipinski definition) is 3. The molecule has 84 valence electrons. The maximum Gasteiger partial charge on any atom is 0.266 e. The number of aromatic amines is 1. The summed E-state index contributed by atoms with van der Waals surface area (Å²) >= 11 is 7.72. The highest BCUT2D eigenvalue weighted by molar-refractivity contribution is 14.1. The summed E-state index contributed by atoms with van der Waals surface area (Å²) < 4.78 is 0.619. The highest BCUT2D eigenvalue weighted by Gasteiger charge is 2.12. The van der Waals surface area contributed by atoms with E-state index in [0.717, 1.165) is 18.8 Å². The number of alkyl halides is 1. The fraction of sp³-hybridized carbons (Fsp3) is 0.556. The molecule has 4 nitrogen and oxygen atoms in total. The van der Waals surface area contributed by atoms with Gasteiger partial charge in [0.15, 0.2) is 0 Å². The first-order valence-electron chi connectivity index (χ1n) is 4.74. The third-order valence-electron chi connectivity index (χ3n) is 1.93. The fourth-order valence-corrected chi connectivity index (χ4v) is 2.13. The van der Waals surface area contributed by atoms with E-state index in [1.54, 1.807) is 0 Å². The Bertz CT molecular complexity index is 363. The highest BCUT2D eigenvalue weighted by Crippen LogP contribution is 2.15. The van der Waals surface area contributed by atoms with Gasteiger partial charge >= 0.3 is 0 Å². The van der Waals surface area contributed by atoms with Crippen LogP contribution in [0, 0.1) is 3.57 Å². The molecule has 0 spiro atoms. The molecule has 15 heavy (non-hydrogen) atoms.